The van der Waals surface area contributed by atoms with Crippen LogP contribution in [0.15, 0.2) is 24.3 Å². The molecule has 0 saturated heterocycles. The third-order valence-electron chi connectivity index (χ3n) is 4.01. The van der Waals surface area contributed by atoms with Crippen LogP contribution < -0.4 is 5.32 Å². The maximum Gasteiger partial charge on any atom is 0.223 e. The summed E-state index contributed by atoms with van der Waals surface area (Å²) in [6, 6.07) is 8.49. The first kappa shape index (κ1) is 13.1. The minimum atomic E-state index is 0.166. The Balaban J connectivity index is 2.05. The lowest BCUT2D eigenvalue weighted by molar-refractivity contribution is -0.125. The Morgan fingerprint density at radius 1 is 1.33 bits per heavy atom. The normalized spacial score (nSPS) is 17.7. The molecule has 1 aliphatic rings. The molecule has 0 aliphatic heterocycles. The lowest BCUT2D eigenvalue weighted by Crippen LogP contribution is -2.33. The maximum atomic E-state index is 12.2. The largest absolute Gasteiger partial charge is 0.349 e. The Labute approximate surface area is 110 Å². The number of amides is 1. The van der Waals surface area contributed by atoms with Gasteiger partial charge in [-0.1, -0.05) is 44.0 Å². The van der Waals surface area contributed by atoms with E-state index in [1.165, 1.54) is 24.0 Å². The first-order valence-corrected chi connectivity index (χ1v) is 7.08. The molecule has 18 heavy (non-hydrogen) atoms. The quantitative estimate of drug-likeness (QED) is 0.860. The highest BCUT2D eigenvalue weighted by atomic mass is 16.1. The molecule has 1 fully saturated rings. The van der Waals surface area contributed by atoms with Crippen LogP contribution in [0.2, 0.25) is 0 Å². The lowest BCUT2D eigenvalue weighted by atomic mass is 9.98. The van der Waals surface area contributed by atoms with Crippen molar-refractivity contribution < 1.29 is 4.79 Å². The van der Waals surface area contributed by atoms with Gasteiger partial charge in [0.2, 0.25) is 5.91 Å². The molecule has 2 nitrogen and oxygen atoms in total. The molecule has 2 rings (SSSR count). The first-order chi connectivity index (χ1) is 8.72. The average molecular weight is 245 g/mol. The van der Waals surface area contributed by atoms with E-state index in [9.17, 15) is 4.79 Å². The van der Waals surface area contributed by atoms with Crippen molar-refractivity contribution >= 4 is 5.91 Å². The number of carbonyl (C=O) groups excluding carboxylic acids is 1. The number of hydrogen-bond donors (Lipinski definition) is 1. The van der Waals surface area contributed by atoms with Crippen molar-refractivity contribution in [3.63, 3.8) is 0 Å². The minimum absolute atomic E-state index is 0.166. The Morgan fingerprint density at radius 2 is 2.00 bits per heavy atom. The van der Waals surface area contributed by atoms with Gasteiger partial charge in [0, 0.05) is 5.92 Å². The van der Waals surface area contributed by atoms with Crippen LogP contribution in [0.3, 0.4) is 0 Å². The molecule has 1 aliphatic carbocycles. The smallest absolute Gasteiger partial charge is 0.223 e. The molecule has 0 bridgehead atoms. The van der Waals surface area contributed by atoms with Gasteiger partial charge in [-0.15, -0.1) is 0 Å². The molecule has 2 heteroatoms. The van der Waals surface area contributed by atoms with Crippen LogP contribution >= 0.6 is 0 Å². The summed E-state index contributed by atoms with van der Waals surface area (Å²) in [5, 5.41) is 3.23. The third-order valence-corrected chi connectivity index (χ3v) is 4.01. The van der Waals surface area contributed by atoms with Gasteiger partial charge in [-0.05, 0) is 37.3 Å². The summed E-state index contributed by atoms with van der Waals surface area (Å²) in [5.74, 6) is 0.505. The Hall–Kier alpha value is -1.31. The highest BCUT2D eigenvalue weighted by Gasteiger charge is 2.24. The van der Waals surface area contributed by atoms with E-state index in [0.29, 0.717) is 0 Å². The van der Waals surface area contributed by atoms with Crippen molar-refractivity contribution in [2.75, 3.05) is 0 Å². The molecule has 0 heterocycles. The Kier molecular flexibility index (Phi) is 4.40. The van der Waals surface area contributed by atoms with Gasteiger partial charge >= 0.3 is 0 Å². The predicted molar refractivity (Wildman–Crippen MR) is 74.3 cm³/mol. The van der Waals surface area contributed by atoms with E-state index in [2.05, 4.69) is 31.3 Å². The molecule has 0 unspecified atom stereocenters. The number of benzene rings is 1. The van der Waals surface area contributed by atoms with E-state index in [-0.39, 0.29) is 17.9 Å². The Morgan fingerprint density at radius 3 is 2.61 bits per heavy atom. The summed E-state index contributed by atoms with van der Waals surface area (Å²) in [4.78, 5) is 12.2. The summed E-state index contributed by atoms with van der Waals surface area (Å²) in [5.41, 5.74) is 2.52. The van der Waals surface area contributed by atoms with E-state index >= 15 is 0 Å². The number of nitrogens with one attached hydrogen (secondary N) is 1. The van der Waals surface area contributed by atoms with E-state index in [1.54, 1.807) is 0 Å². The van der Waals surface area contributed by atoms with Crippen LogP contribution in [-0.2, 0) is 4.79 Å². The summed E-state index contributed by atoms with van der Waals surface area (Å²) >= 11 is 0. The van der Waals surface area contributed by atoms with Crippen molar-refractivity contribution in [2.45, 2.75) is 52.0 Å². The van der Waals surface area contributed by atoms with Crippen LogP contribution in [-0.4, -0.2) is 5.91 Å². The van der Waals surface area contributed by atoms with Gasteiger partial charge < -0.3 is 5.32 Å². The van der Waals surface area contributed by atoms with Gasteiger partial charge in [-0.2, -0.15) is 0 Å². The molecule has 1 aromatic rings. The molecule has 98 valence electrons. The fraction of sp³-hybridized carbons (Fsp3) is 0.562. The molecule has 1 N–H and O–H groups in total. The lowest BCUT2D eigenvalue weighted by Gasteiger charge is -2.21. The molecule has 0 radical (unpaired) electrons. The molecule has 1 saturated carbocycles. The van der Waals surface area contributed by atoms with Gasteiger partial charge in [0.05, 0.1) is 6.04 Å². The highest BCUT2D eigenvalue weighted by molar-refractivity contribution is 5.79. The monoisotopic (exact) mass is 245 g/mol. The number of hydrogen-bond acceptors (Lipinski definition) is 1. The van der Waals surface area contributed by atoms with Crippen LogP contribution in [0.4, 0.5) is 0 Å². The molecule has 1 atom stereocenters. The first-order valence-electron chi connectivity index (χ1n) is 7.08. The maximum absolute atomic E-state index is 12.2. The summed E-state index contributed by atoms with van der Waals surface area (Å²) in [6.45, 7) is 4.24. The van der Waals surface area contributed by atoms with Crippen molar-refractivity contribution in [2.24, 2.45) is 5.92 Å². The fourth-order valence-corrected chi connectivity index (χ4v) is 2.86. The van der Waals surface area contributed by atoms with E-state index < -0.39 is 0 Å². The summed E-state index contributed by atoms with van der Waals surface area (Å²) in [6.07, 6.45) is 5.49. The number of carbonyl (C=O) groups is 1. The number of aryl methyl sites for hydroxylation is 1. The second-order valence-electron chi connectivity index (χ2n) is 5.31. The van der Waals surface area contributed by atoms with Gasteiger partial charge in [0.1, 0.15) is 0 Å². The SMILES string of the molecule is CC[C@H](NC(=O)C1CCCC1)c1ccccc1C. The van der Waals surface area contributed by atoms with E-state index in [0.717, 1.165) is 19.3 Å². The summed E-state index contributed by atoms with van der Waals surface area (Å²) < 4.78 is 0. The van der Waals surface area contributed by atoms with Crippen molar-refractivity contribution in [1.82, 2.24) is 5.32 Å². The van der Waals surface area contributed by atoms with Gasteiger partial charge in [0.15, 0.2) is 0 Å². The zero-order valence-electron chi connectivity index (χ0n) is 11.4. The molecule has 0 aromatic heterocycles. The molecule has 1 amide bonds. The van der Waals surface area contributed by atoms with Crippen LogP contribution in [0.5, 0.6) is 0 Å². The molecular formula is C16H23NO. The zero-order valence-corrected chi connectivity index (χ0v) is 11.4. The topological polar surface area (TPSA) is 29.1 Å². The average Bonchev–Trinajstić information content (AvgIpc) is 2.90. The van der Waals surface area contributed by atoms with Crippen molar-refractivity contribution in [1.29, 1.82) is 0 Å². The molecule has 1 aromatic carbocycles. The third kappa shape index (κ3) is 2.92. The van der Waals surface area contributed by atoms with Gasteiger partial charge in [-0.25, -0.2) is 0 Å². The molecular weight excluding hydrogens is 222 g/mol. The van der Waals surface area contributed by atoms with Crippen LogP contribution in [0, 0.1) is 12.8 Å². The fourth-order valence-electron chi connectivity index (χ4n) is 2.86. The Bertz CT molecular complexity index is 407. The zero-order chi connectivity index (χ0) is 13.0. The molecule has 0 spiro atoms. The van der Waals surface area contributed by atoms with E-state index in [4.69, 9.17) is 0 Å². The second-order valence-corrected chi connectivity index (χ2v) is 5.31. The second kappa shape index (κ2) is 6.03. The highest BCUT2D eigenvalue weighted by Crippen LogP contribution is 2.27. The van der Waals surface area contributed by atoms with Gasteiger partial charge in [-0.3, -0.25) is 4.79 Å². The van der Waals surface area contributed by atoms with Crippen molar-refractivity contribution in [3.8, 4) is 0 Å². The minimum Gasteiger partial charge on any atom is -0.349 e. The van der Waals surface area contributed by atoms with Crippen LogP contribution in [0.1, 0.15) is 56.2 Å². The van der Waals surface area contributed by atoms with Gasteiger partial charge in [0.25, 0.3) is 0 Å². The summed E-state index contributed by atoms with van der Waals surface area (Å²) in [7, 11) is 0. The number of rotatable bonds is 4. The van der Waals surface area contributed by atoms with E-state index in [1.807, 2.05) is 12.1 Å². The van der Waals surface area contributed by atoms with Crippen LogP contribution in [0.25, 0.3) is 0 Å². The predicted octanol–water partition coefficient (Wildman–Crippen LogP) is 3.75. The standard InChI is InChI=1S/C16H23NO/c1-3-15(14-11-7-4-8-12(14)2)17-16(18)13-9-5-6-10-13/h4,7-8,11,13,15H,3,5-6,9-10H2,1-2H3,(H,17,18)/t15-/m0/s1. The van der Waals surface area contributed by atoms with Crippen molar-refractivity contribution in [3.05, 3.63) is 35.4 Å².